The van der Waals surface area contributed by atoms with Gasteiger partial charge in [0.1, 0.15) is 5.69 Å². The number of hydrogen-bond acceptors (Lipinski definition) is 4. The van der Waals surface area contributed by atoms with Crippen molar-refractivity contribution in [1.29, 1.82) is 0 Å². The van der Waals surface area contributed by atoms with Gasteiger partial charge in [0.05, 0.1) is 18.8 Å². The number of methoxy groups -OCH3 is 1. The molecule has 1 amide bonds. The molecular weight excluding hydrogens is 344 g/mol. The van der Waals surface area contributed by atoms with Crippen molar-refractivity contribution in [1.82, 2.24) is 9.88 Å². The highest BCUT2D eigenvalue weighted by molar-refractivity contribution is 6.01. The summed E-state index contributed by atoms with van der Waals surface area (Å²) in [6.07, 6.45) is 0. The number of nitrogens with one attached hydrogen (secondary N) is 1. The molecule has 0 spiro atoms. The molecule has 0 saturated heterocycles. The van der Waals surface area contributed by atoms with Crippen molar-refractivity contribution in [3.05, 3.63) is 58.4 Å². The fourth-order valence-corrected chi connectivity index (χ4v) is 3.24. The van der Waals surface area contributed by atoms with Crippen LogP contribution in [0.1, 0.15) is 51.5 Å². The summed E-state index contributed by atoms with van der Waals surface area (Å²) in [7, 11) is 1.59. The van der Waals surface area contributed by atoms with Gasteiger partial charge in [-0.15, -0.1) is 0 Å². The molecule has 0 radical (unpaired) electrons. The minimum Gasteiger partial charge on any atom is -0.461 e. The molecule has 0 aliphatic rings. The van der Waals surface area contributed by atoms with Gasteiger partial charge in [-0.1, -0.05) is 30.3 Å². The lowest BCUT2D eigenvalue weighted by Gasteiger charge is -2.13. The summed E-state index contributed by atoms with van der Waals surface area (Å²) in [6, 6.07) is 9.69. The molecule has 0 aliphatic heterocycles. The van der Waals surface area contributed by atoms with Crippen LogP contribution < -0.4 is 5.32 Å². The van der Waals surface area contributed by atoms with E-state index in [4.69, 9.17) is 9.47 Å². The third kappa shape index (κ3) is 4.77. The third-order valence-electron chi connectivity index (χ3n) is 4.44. The smallest absolute Gasteiger partial charge is 0.355 e. The molecule has 0 aliphatic carbocycles. The van der Waals surface area contributed by atoms with Gasteiger partial charge >= 0.3 is 5.97 Å². The summed E-state index contributed by atoms with van der Waals surface area (Å²) in [4.78, 5) is 25.4. The third-order valence-corrected chi connectivity index (χ3v) is 4.44. The number of ether oxygens (including phenoxy) is 2. The quantitative estimate of drug-likeness (QED) is 0.723. The summed E-state index contributed by atoms with van der Waals surface area (Å²) in [5, 5.41) is 2.92. The van der Waals surface area contributed by atoms with E-state index in [0.717, 1.165) is 11.3 Å². The number of hydrogen-bond donors (Lipinski definition) is 1. The van der Waals surface area contributed by atoms with Crippen LogP contribution in [-0.2, 0) is 16.0 Å². The zero-order valence-corrected chi connectivity index (χ0v) is 16.7. The Hall–Kier alpha value is -2.60. The Kier molecular flexibility index (Phi) is 7.19. The Morgan fingerprint density at radius 3 is 2.44 bits per heavy atom. The number of amides is 1. The molecule has 0 bridgehead atoms. The highest BCUT2D eigenvalue weighted by atomic mass is 16.5. The van der Waals surface area contributed by atoms with Gasteiger partial charge < -0.3 is 19.4 Å². The van der Waals surface area contributed by atoms with Gasteiger partial charge in [0.25, 0.3) is 5.91 Å². The first-order valence-electron chi connectivity index (χ1n) is 9.11. The highest BCUT2D eigenvalue weighted by Crippen LogP contribution is 2.24. The van der Waals surface area contributed by atoms with Crippen LogP contribution in [0, 0.1) is 13.8 Å². The normalized spacial score (nSPS) is 11.9. The zero-order chi connectivity index (χ0) is 20.0. The molecule has 1 atom stereocenters. The standard InChI is InChI=1S/C21H28N2O4/c1-6-27-21(25)19-15(3)18(20(24)22-14(2)13-26-5)16(4)23(19)12-17-10-8-7-9-11-17/h7-11,14H,6,12-13H2,1-5H3,(H,22,24)/t14-/m1/s1. The maximum atomic E-state index is 12.8. The van der Waals surface area contributed by atoms with Crippen LogP contribution in [0.25, 0.3) is 0 Å². The van der Waals surface area contributed by atoms with Crippen molar-refractivity contribution >= 4 is 11.9 Å². The van der Waals surface area contributed by atoms with Crippen LogP contribution in [-0.4, -0.2) is 42.8 Å². The molecule has 2 aromatic rings. The van der Waals surface area contributed by atoms with Gasteiger partial charge in [-0.3, -0.25) is 4.79 Å². The maximum absolute atomic E-state index is 12.8. The Bertz CT molecular complexity index is 796. The summed E-state index contributed by atoms with van der Waals surface area (Å²) >= 11 is 0. The fraction of sp³-hybridized carbons (Fsp3) is 0.429. The SMILES string of the molecule is CCOC(=O)c1c(C)c(C(=O)N[C@H](C)COC)c(C)n1Cc1ccccc1. The van der Waals surface area contributed by atoms with Gasteiger partial charge in [0.2, 0.25) is 0 Å². The first-order chi connectivity index (χ1) is 12.9. The van der Waals surface area contributed by atoms with E-state index in [9.17, 15) is 9.59 Å². The predicted molar refractivity (Wildman–Crippen MR) is 104 cm³/mol. The summed E-state index contributed by atoms with van der Waals surface area (Å²) in [6.45, 7) is 8.47. The van der Waals surface area contributed by atoms with E-state index in [1.165, 1.54) is 0 Å². The van der Waals surface area contributed by atoms with Crippen molar-refractivity contribution in [3.63, 3.8) is 0 Å². The van der Waals surface area contributed by atoms with Gasteiger partial charge in [-0.05, 0) is 38.8 Å². The summed E-state index contributed by atoms with van der Waals surface area (Å²) in [5.74, 6) is -0.634. The van der Waals surface area contributed by atoms with Crippen LogP contribution in [0.5, 0.6) is 0 Å². The van der Waals surface area contributed by atoms with E-state index in [1.807, 2.05) is 48.7 Å². The lowest BCUT2D eigenvalue weighted by atomic mass is 10.1. The highest BCUT2D eigenvalue weighted by Gasteiger charge is 2.27. The maximum Gasteiger partial charge on any atom is 0.355 e. The van der Waals surface area contributed by atoms with E-state index >= 15 is 0 Å². The summed E-state index contributed by atoms with van der Waals surface area (Å²) < 4.78 is 12.2. The molecule has 27 heavy (non-hydrogen) atoms. The Labute approximate surface area is 160 Å². The number of nitrogens with zero attached hydrogens (tertiary/aromatic N) is 1. The molecule has 1 heterocycles. The molecule has 0 saturated carbocycles. The lowest BCUT2D eigenvalue weighted by Crippen LogP contribution is -2.36. The Balaban J connectivity index is 2.47. The molecule has 2 rings (SSSR count). The topological polar surface area (TPSA) is 69.6 Å². The number of esters is 1. The lowest BCUT2D eigenvalue weighted by molar-refractivity contribution is 0.0513. The summed E-state index contributed by atoms with van der Waals surface area (Å²) in [5.41, 5.74) is 3.34. The number of benzene rings is 1. The molecule has 1 N–H and O–H groups in total. The molecule has 1 aromatic carbocycles. The van der Waals surface area contributed by atoms with E-state index in [-0.39, 0.29) is 18.6 Å². The predicted octanol–water partition coefficient (Wildman–Crippen LogP) is 3.09. The molecule has 6 heteroatoms. The molecule has 0 unspecified atom stereocenters. The first-order valence-corrected chi connectivity index (χ1v) is 9.11. The molecule has 146 valence electrons. The van der Waals surface area contributed by atoms with Crippen molar-refractivity contribution in [3.8, 4) is 0 Å². The van der Waals surface area contributed by atoms with E-state index in [2.05, 4.69) is 5.32 Å². The van der Waals surface area contributed by atoms with Crippen molar-refractivity contribution in [2.45, 2.75) is 40.3 Å². The van der Waals surface area contributed by atoms with Crippen LogP contribution in [0.15, 0.2) is 30.3 Å². The van der Waals surface area contributed by atoms with Crippen LogP contribution in [0.2, 0.25) is 0 Å². The first kappa shape index (κ1) is 20.7. The van der Waals surface area contributed by atoms with Gasteiger partial charge in [0, 0.05) is 25.4 Å². The van der Waals surface area contributed by atoms with E-state index in [1.54, 1.807) is 21.0 Å². The van der Waals surface area contributed by atoms with Gasteiger partial charge in [-0.2, -0.15) is 0 Å². The zero-order valence-electron chi connectivity index (χ0n) is 16.7. The second-order valence-electron chi connectivity index (χ2n) is 6.56. The van der Waals surface area contributed by atoms with Crippen LogP contribution in [0.4, 0.5) is 0 Å². The van der Waals surface area contributed by atoms with Gasteiger partial charge in [0.15, 0.2) is 0 Å². The minimum atomic E-state index is -0.418. The molecule has 1 aromatic heterocycles. The van der Waals surface area contributed by atoms with Crippen LogP contribution >= 0.6 is 0 Å². The van der Waals surface area contributed by atoms with E-state index < -0.39 is 5.97 Å². The number of carbonyl (C=O) groups excluding carboxylic acids is 2. The molecule has 0 fully saturated rings. The number of aromatic nitrogens is 1. The minimum absolute atomic E-state index is 0.134. The molecular formula is C21H28N2O4. The Morgan fingerprint density at radius 1 is 1.19 bits per heavy atom. The average molecular weight is 372 g/mol. The number of carbonyl (C=O) groups is 2. The van der Waals surface area contributed by atoms with Crippen molar-refractivity contribution < 1.29 is 19.1 Å². The monoisotopic (exact) mass is 372 g/mol. The van der Waals surface area contributed by atoms with Crippen molar-refractivity contribution in [2.75, 3.05) is 20.3 Å². The van der Waals surface area contributed by atoms with Crippen LogP contribution in [0.3, 0.4) is 0 Å². The Morgan fingerprint density at radius 2 is 1.85 bits per heavy atom. The largest absolute Gasteiger partial charge is 0.461 e. The fourth-order valence-electron chi connectivity index (χ4n) is 3.24. The van der Waals surface area contributed by atoms with Crippen molar-refractivity contribution in [2.24, 2.45) is 0 Å². The molecule has 6 nitrogen and oxygen atoms in total. The average Bonchev–Trinajstić information content (AvgIpc) is 2.86. The second-order valence-corrected chi connectivity index (χ2v) is 6.56. The second kappa shape index (κ2) is 9.37. The van der Waals surface area contributed by atoms with Gasteiger partial charge in [-0.25, -0.2) is 4.79 Å². The number of rotatable bonds is 8. The van der Waals surface area contributed by atoms with E-state index in [0.29, 0.717) is 30.0 Å².